The van der Waals surface area contributed by atoms with E-state index in [2.05, 4.69) is 10.2 Å². The number of fused-ring (bicyclic) bond motifs is 2. The molecule has 57 heavy (non-hydrogen) atoms. The molecule has 11 heteroatoms. The maximum absolute atomic E-state index is 14.4. The van der Waals surface area contributed by atoms with Gasteiger partial charge in [0, 0.05) is 62.8 Å². The number of quaternary nitrogens is 1. The molecule has 0 saturated carbocycles. The second kappa shape index (κ2) is 18.0. The molecule has 0 bridgehead atoms. The Labute approximate surface area is 336 Å². The van der Waals surface area contributed by atoms with Crippen LogP contribution < -0.4 is 14.9 Å². The number of carbonyl (C=O) groups excluding carboxylic acids is 2. The topological polar surface area (TPSA) is 121 Å². The first-order chi connectivity index (χ1) is 27.5. The van der Waals surface area contributed by atoms with E-state index in [-0.39, 0.29) is 42.4 Å². The molecule has 7 rings (SSSR count). The Morgan fingerprint density at radius 3 is 2.51 bits per heavy atom. The van der Waals surface area contributed by atoms with Crippen LogP contribution in [0.4, 0.5) is 0 Å². The minimum atomic E-state index is -0.941. The van der Waals surface area contributed by atoms with Gasteiger partial charge in [0.1, 0.15) is 31.5 Å². The molecular formula is C46H59N4O7+. The van der Waals surface area contributed by atoms with Crippen LogP contribution >= 0.6 is 0 Å². The third-order valence-electron chi connectivity index (χ3n) is 11.5. The summed E-state index contributed by atoms with van der Waals surface area (Å²) >= 11 is 0. The normalized spacial score (nSPS) is 22.9. The summed E-state index contributed by atoms with van der Waals surface area (Å²) in [5, 5.41) is 28.3. The molecule has 0 aromatic heterocycles. The molecule has 2 amide bonds. The van der Waals surface area contributed by atoms with Crippen LogP contribution in [0.1, 0.15) is 69.2 Å². The van der Waals surface area contributed by atoms with Gasteiger partial charge in [0.15, 0.2) is 5.75 Å². The number of nitrogens with zero attached hydrogens (tertiary/aromatic N) is 3. The van der Waals surface area contributed by atoms with Crippen LogP contribution in [0.25, 0.3) is 10.8 Å². The predicted octanol–water partition coefficient (Wildman–Crippen LogP) is 5.57. The highest BCUT2D eigenvalue weighted by Gasteiger charge is 2.51. The van der Waals surface area contributed by atoms with Gasteiger partial charge >= 0.3 is 0 Å². The molecule has 4 aromatic carbocycles. The van der Waals surface area contributed by atoms with E-state index >= 15 is 0 Å². The summed E-state index contributed by atoms with van der Waals surface area (Å²) in [6.07, 6.45) is 0.362. The highest BCUT2D eigenvalue weighted by Crippen LogP contribution is 2.38. The van der Waals surface area contributed by atoms with Crippen molar-refractivity contribution in [3.05, 3.63) is 108 Å². The zero-order valence-corrected chi connectivity index (χ0v) is 33.6. The Morgan fingerprint density at radius 1 is 0.982 bits per heavy atom. The predicted molar refractivity (Wildman–Crippen MR) is 219 cm³/mol. The van der Waals surface area contributed by atoms with E-state index in [0.717, 1.165) is 72.5 Å². The first kappa shape index (κ1) is 40.7. The minimum Gasteiger partial charge on any atom is -0.492 e. The lowest BCUT2D eigenvalue weighted by molar-refractivity contribution is -1.08. The summed E-state index contributed by atoms with van der Waals surface area (Å²) in [6.45, 7) is 11.6. The van der Waals surface area contributed by atoms with Gasteiger partial charge in [-0.3, -0.25) is 14.5 Å². The number of aliphatic hydroxyl groups is 2. The Bertz CT molecular complexity index is 1970. The van der Waals surface area contributed by atoms with Gasteiger partial charge in [0.05, 0.1) is 25.4 Å². The molecule has 2 fully saturated rings. The van der Waals surface area contributed by atoms with Crippen LogP contribution in [0.15, 0.2) is 91.0 Å². The van der Waals surface area contributed by atoms with Crippen molar-refractivity contribution in [3.63, 3.8) is 0 Å². The van der Waals surface area contributed by atoms with Gasteiger partial charge in [0.2, 0.25) is 11.9 Å². The summed E-state index contributed by atoms with van der Waals surface area (Å²) in [5.41, 5.74) is 2.45. The largest absolute Gasteiger partial charge is 0.492 e. The quantitative estimate of drug-likeness (QED) is 0.134. The smallest absolute Gasteiger partial charge is 0.282 e. The van der Waals surface area contributed by atoms with Crippen molar-refractivity contribution >= 4 is 22.6 Å². The van der Waals surface area contributed by atoms with Gasteiger partial charge in [-0.25, -0.2) is 0 Å². The fraction of sp³-hybridized carbons (Fsp3) is 0.478. The summed E-state index contributed by atoms with van der Waals surface area (Å²) in [5.74, 6) is 1.14. The highest BCUT2D eigenvalue weighted by molar-refractivity contribution is 5.88. The number of likely N-dealkylation sites (tertiary alicyclic amines) is 1. The maximum Gasteiger partial charge on any atom is 0.282 e. The van der Waals surface area contributed by atoms with Crippen molar-refractivity contribution in [2.24, 2.45) is 0 Å². The monoisotopic (exact) mass is 779 g/mol. The van der Waals surface area contributed by atoms with E-state index in [0.29, 0.717) is 31.7 Å². The zero-order chi connectivity index (χ0) is 40.0. The summed E-state index contributed by atoms with van der Waals surface area (Å²) < 4.78 is 11.4. The number of ether oxygens (including phenoxy) is 2. The average molecular weight is 780 g/mol. The summed E-state index contributed by atoms with van der Waals surface area (Å²) in [7, 11) is 0. The van der Waals surface area contributed by atoms with Gasteiger partial charge < -0.3 is 34.7 Å². The number of hydroxylamine groups is 3. The van der Waals surface area contributed by atoms with E-state index < -0.39 is 29.8 Å². The summed E-state index contributed by atoms with van der Waals surface area (Å²) in [6, 6.07) is 28.5. The van der Waals surface area contributed by atoms with Gasteiger partial charge in [-0.2, -0.15) is 0 Å². The lowest BCUT2D eigenvalue weighted by Crippen LogP contribution is -2.63. The van der Waals surface area contributed by atoms with Gasteiger partial charge in [-0.05, 0) is 67.5 Å². The average Bonchev–Trinajstić information content (AvgIpc) is 3.76. The molecule has 11 nitrogen and oxygen atoms in total. The Balaban J connectivity index is 1.07. The molecule has 2 aliphatic heterocycles. The number of benzene rings is 4. The van der Waals surface area contributed by atoms with Crippen LogP contribution in [0.2, 0.25) is 0 Å². The van der Waals surface area contributed by atoms with Gasteiger partial charge in [-0.15, -0.1) is 4.65 Å². The van der Waals surface area contributed by atoms with E-state index in [9.17, 15) is 19.8 Å². The highest BCUT2D eigenvalue weighted by atomic mass is 16.7. The fourth-order valence-electron chi connectivity index (χ4n) is 8.73. The molecule has 1 aliphatic carbocycles. The van der Waals surface area contributed by atoms with Crippen molar-refractivity contribution in [3.8, 4) is 11.5 Å². The SMILES string of the molecule is CC(C)(C)NC(=O)[C@H]1CCC[N@@+]1(C[C@@H](O)CCC(=O)N(Cc1ccc(OCCN2CCOCC2)cc1)C1c2ccccc2C[C@@H]1O)Oc1cccc2ccccc12. The fourth-order valence-corrected chi connectivity index (χ4v) is 8.73. The van der Waals surface area contributed by atoms with Crippen LogP contribution in [-0.4, -0.2) is 113 Å². The number of carbonyl (C=O) groups is 2. The lowest BCUT2D eigenvalue weighted by atomic mass is 10.0. The first-order valence-electron chi connectivity index (χ1n) is 20.6. The van der Waals surface area contributed by atoms with E-state index in [4.69, 9.17) is 14.3 Å². The molecule has 0 radical (unpaired) electrons. The molecule has 0 spiro atoms. The first-order valence-corrected chi connectivity index (χ1v) is 20.6. The van der Waals surface area contributed by atoms with Crippen molar-refractivity contribution in [2.45, 2.75) is 89.3 Å². The number of hydrogen-bond donors (Lipinski definition) is 3. The van der Waals surface area contributed by atoms with Crippen molar-refractivity contribution in [1.82, 2.24) is 15.1 Å². The van der Waals surface area contributed by atoms with Crippen LogP contribution in [0, 0.1) is 0 Å². The Hall–Kier alpha value is -4.52. The lowest BCUT2D eigenvalue weighted by Gasteiger charge is -2.39. The second-order valence-electron chi connectivity index (χ2n) is 16.9. The third-order valence-corrected chi connectivity index (χ3v) is 11.5. The van der Waals surface area contributed by atoms with E-state index in [1.54, 1.807) is 4.90 Å². The zero-order valence-electron chi connectivity index (χ0n) is 33.6. The molecule has 3 aliphatic rings. The van der Waals surface area contributed by atoms with Crippen LogP contribution in [-0.2, 0) is 27.3 Å². The number of amides is 2. The van der Waals surface area contributed by atoms with Crippen LogP contribution in [0.3, 0.4) is 0 Å². The van der Waals surface area contributed by atoms with E-state index in [1.165, 1.54) is 0 Å². The van der Waals surface area contributed by atoms with Crippen molar-refractivity contribution in [2.75, 3.05) is 52.5 Å². The molecule has 1 unspecified atom stereocenters. The molecule has 2 heterocycles. The van der Waals surface area contributed by atoms with Crippen LogP contribution in [0.5, 0.6) is 11.5 Å². The molecule has 5 atom stereocenters. The Morgan fingerprint density at radius 2 is 1.72 bits per heavy atom. The number of morpholine rings is 1. The van der Waals surface area contributed by atoms with Crippen molar-refractivity contribution in [1.29, 1.82) is 0 Å². The molecule has 4 aromatic rings. The van der Waals surface area contributed by atoms with Crippen molar-refractivity contribution < 1.29 is 38.8 Å². The molecule has 3 N–H and O–H groups in total. The standard InChI is InChI=1S/C46H58N4O7/c1-46(2,3)47-45(54)40-15-9-26-50(40,57-42-16-8-12-34-10-4-6-13-38(34)42)32-36(51)19-22-43(53)49(44-39-14-7-5-11-35(39)30-41(44)52)31-33-17-20-37(21-18-33)56-29-25-48-23-27-55-28-24-48/h4-8,10-14,16-18,20-21,36,40-41,44,51-52H,9,15,19,22-32H2,1-3H3/p+1/t36-,40+,41-,44?,50-/m0/s1. The number of rotatable bonds is 15. The number of aliphatic hydroxyl groups excluding tert-OH is 2. The van der Waals surface area contributed by atoms with E-state index in [1.807, 2.05) is 112 Å². The summed E-state index contributed by atoms with van der Waals surface area (Å²) in [4.78, 5) is 39.3. The second-order valence-corrected chi connectivity index (χ2v) is 16.9. The Kier molecular flexibility index (Phi) is 12.8. The number of nitrogens with one attached hydrogen (secondary N) is 1. The molecular weight excluding hydrogens is 721 g/mol. The number of hydrogen-bond acceptors (Lipinski definition) is 8. The van der Waals surface area contributed by atoms with Gasteiger partial charge in [0.25, 0.3) is 5.91 Å². The molecule has 2 saturated heterocycles. The third kappa shape index (κ3) is 9.96. The maximum atomic E-state index is 14.4. The molecule has 304 valence electrons. The van der Waals surface area contributed by atoms with Gasteiger partial charge in [-0.1, -0.05) is 72.8 Å². The minimum absolute atomic E-state index is 0.0579.